The van der Waals surface area contributed by atoms with Gasteiger partial charge >= 0.3 is 5.97 Å². The highest BCUT2D eigenvalue weighted by molar-refractivity contribution is 6.32. The molecule has 148 valence electrons. The SMILES string of the molecule is COc1cc(/C=C2/CCn3c2nc2cc(C(=O)O)ccc2c3=O)cc(Cl)c1OC. The first-order valence-corrected chi connectivity index (χ1v) is 9.21. The van der Waals surface area contributed by atoms with Crippen LogP contribution in [0.2, 0.25) is 5.02 Å². The lowest BCUT2D eigenvalue weighted by Gasteiger charge is -2.11. The molecule has 1 N–H and O–H groups in total. The molecule has 1 aliphatic heterocycles. The third-order valence-electron chi connectivity index (χ3n) is 4.89. The summed E-state index contributed by atoms with van der Waals surface area (Å²) in [6.07, 6.45) is 2.52. The molecule has 0 unspecified atom stereocenters. The molecule has 4 rings (SSSR count). The fourth-order valence-corrected chi connectivity index (χ4v) is 3.81. The molecular formula is C21H17ClN2O5. The molecule has 0 spiro atoms. The number of rotatable bonds is 4. The van der Waals surface area contributed by atoms with Crippen molar-refractivity contribution in [1.29, 1.82) is 0 Å². The van der Waals surface area contributed by atoms with Crippen LogP contribution in [-0.2, 0) is 6.54 Å². The fourth-order valence-electron chi connectivity index (χ4n) is 3.51. The summed E-state index contributed by atoms with van der Waals surface area (Å²) < 4.78 is 12.2. The molecule has 8 heteroatoms. The number of ether oxygens (including phenoxy) is 2. The Bertz CT molecular complexity index is 1250. The Morgan fingerprint density at radius 3 is 2.72 bits per heavy atom. The van der Waals surface area contributed by atoms with E-state index in [4.69, 9.17) is 21.1 Å². The van der Waals surface area contributed by atoms with Crippen molar-refractivity contribution in [3.63, 3.8) is 0 Å². The van der Waals surface area contributed by atoms with Crippen molar-refractivity contribution in [3.8, 4) is 11.5 Å². The number of fused-ring (bicyclic) bond motifs is 2. The smallest absolute Gasteiger partial charge is 0.335 e. The monoisotopic (exact) mass is 412 g/mol. The van der Waals surface area contributed by atoms with E-state index in [1.807, 2.05) is 6.08 Å². The normalized spacial score (nSPS) is 14.2. The average molecular weight is 413 g/mol. The predicted octanol–water partition coefficient (Wildman–Crippen LogP) is 3.71. The summed E-state index contributed by atoms with van der Waals surface area (Å²) in [5, 5.41) is 10.0. The van der Waals surface area contributed by atoms with Crippen LogP contribution in [0.1, 0.15) is 28.2 Å². The molecule has 0 saturated heterocycles. The lowest BCUT2D eigenvalue weighted by atomic mass is 10.1. The Kier molecular flexibility index (Phi) is 4.76. The molecule has 7 nitrogen and oxygen atoms in total. The molecule has 1 aromatic heterocycles. The number of benzene rings is 2. The fraction of sp³-hybridized carbons (Fsp3) is 0.190. The lowest BCUT2D eigenvalue weighted by Crippen LogP contribution is -2.21. The highest BCUT2D eigenvalue weighted by Crippen LogP contribution is 2.37. The molecule has 29 heavy (non-hydrogen) atoms. The second-order valence-electron chi connectivity index (χ2n) is 6.59. The summed E-state index contributed by atoms with van der Waals surface area (Å²) in [4.78, 5) is 28.7. The molecule has 0 atom stereocenters. The van der Waals surface area contributed by atoms with Crippen LogP contribution in [0.15, 0.2) is 35.1 Å². The quantitative estimate of drug-likeness (QED) is 0.702. The zero-order valence-corrected chi connectivity index (χ0v) is 16.5. The standard InChI is InChI=1S/C21H17ClN2O5/c1-28-17-9-11(8-15(22)18(17)29-2)7-12-5-6-24-19(12)23-16-10-13(21(26)27)3-4-14(16)20(24)25/h3-4,7-10H,5-6H2,1-2H3,(H,26,27)/b12-7-. The van der Waals surface area contributed by atoms with Gasteiger partial charge in [-0.15, -0.1) is 0 Å². The maximum absolute atomic E-state index is 12.8. The van der Waals surface area contributed by atoms with Crippen LogP contribution in [-0.4, -0.2) is 34.8 Å². The molecular weight excluding hydrogens is 396 g/mol. The minimum absolute atomic E-state index is 0.0875. The lowest BCUT2D eigenvalue weighted by molar-refractivity contribution is 0.0697. The molecule has 3 aromatic rings. The zero-order chi connectivity index (χ0) is 20.7. The van der Waals surface area contributed by atoms with E-state index in [0.717, 1.165) is 11.1 Å². The number of hydrogen-bond donors (Lipinski definition) is 1. The van der Waals surface area contributed by atoms with E-state index in [2.05, 4.69) is 4.98 Å². The van der Waals surface area contributed by atoms with Crippen LogP contribution >= 0.6 is 11.6 Å². The number of allylic oxidation sites excluding steroid dienone is 1. The number of aromatic carboxylic acids is 1. The van der Waals surface area contributed by atoms with Crippen molar-refractivity contribution in [2.24, 2.45) is 0 Å². The van der Waals surface area contributed by atoms with Gasteiger partial charge in [0.25, 0.3) is 5.56 Å². The third kappa shape index (κ3) is 3.23. The van der Waals surface area contributed by atoms with Crippen molar-refractivity contribution < 1.29 is 19.4 Å². The average Bonchev–Trinajstić information content (AvgIpc) is 3.10. The van der Waals surface area contributed by atoms with Gasteiger partial charge in [-0.3, -0.25) is 9.36 Å². The number of methoxy groups -OCH3 is 2. The first-order valence-electron chi connectivity index (χ1n) is 8.83. The number of carbonyl (C=O) groups is 1. The van der Waals surface area contributed by atoms with Crippen molar-refractivity contribution in [2.45, 2.75) is 13.0 Å². The molecule has 0 amide bonds. The van der Waals surface area contributed by atoms with E-state index >= 15 is 0 Å². The molecule has 0 fully saturated rings. The van der Waals surface area contributed by atoms with E-state index in [0.29, 0.717) is 46.2 Å². The Balaban J connectivity index is 1.86. The van der Waals surface area contributed by atoms with Crippen LogP contribution in [0.5, 0.6) is 11.5 Å². The van der Waals surface area contributed by atoms with Crippen LogP contribution in [0.3, 0.4) is 0 Å². The molecule has 0 saturated carbocycles. The summed E-state index contributed by atoms with van der Waals surface area (Å²) in [6.45, 7) is 0.505. The third-order valence-corrected chi connectivity index (χ3v) is 5.17. The summed E-state index contributed by atoms with van der Waals surface area (Å²) >= 11 is 6.29. The maximum Gasteiger partial charge on any atom is 0.335 e. The summed E-state index contributed by atoms with van der Waals surface area (Å²) in [7, 11) is 3.05. The van der Waals surface area contributed by atoms with Crippen LogP contribution in [0, 0.1) is 0 Å². The first-order chi connectivity index (χ1) is 13.9. The van der Waals surface area contributed by atoms with Gasteiger partial charge in [-0.05, 0) is 54.0 Å². The summed E-state index contributed by atoms with van der Waals surface area (Å²) in [6, 6.07) is 7.89. The number of hydrogen-bond acceptors (Lipinski definition) is 5. The predicted molar refractivity (Wildman–Crippen MR) is 110 cm³/mol. The Morgan fingerprint density at radius 1 is 1.24 bits per heavy atom. The minimum Gasteiger partial charge on any atom is -0.493 e. The topological polar surface area (TPSA) is 90.7 Å². The van der Waals surface area contributed by atoms with Gasteiger partial charge in [0, 0.05) is 6.54 Å². The van der Waals surface area contributed by atoms with Crippen molar-refractivity contribution >= 4 is 40.1 Å². The largest absolute Gasteiger partial charge is 0.493 e. The van der Waals surface area contributed by atoms with E-state index in [1.165, 1.54) is 32.4 Å². The van der Waals surface area contributed by atoms with E-state index < -0.39 is 5.97 Å². The minimum atomic E-state index is -1.06. The van der Waals surface area contributed by atoms with E-state index in [9.17, 15) is 14.7 Å². The number of carboxylic acids is 1. The maximum atomic E-state index is 12.8. The van der Waals surface area contributed by atoms with Gasteiger partial charge in [-0.2, -0.15) is 0 Å². The van der Waals surface area contributed by atoms with Crippen molar-refractivity contribution in [1.82, 2.24) is 9.55 Å². The van der Waals surface area contributed by atoms with Crippen LogP contribution in [0.4, 0.5) is 0 Å². The number of aromatic nitrogens is 2. The van der Waals surface area contributed by atoms with Crippen LogP contribution in [0.25, 0.3) is 22.6 Å². The zero-order valence-electron chi connectivity index (χ0n) is 15.7. The molecule has 1 aliphatic rings. The highest BCUT2D eigenvalue weighted by atomic mass is 35.5. The first kappa shape index (κ1) is 19.0. The number of halogens is 1. The van der Waals surface area contributed by atoms with E-state index in [1.54, 1.807) is 16.7 Å². The van der Waals surface area contributed by atoms with E-state index in [-0.39, 0.29) is 11.1 Å². The molecule has 0 aliphatic carbocycles. The van der Waals surface area contributed by atoms with Gasteiger partial charge in [0.05, 0.1) is 35.7 Å². The second kappa shape index (κ2) is 7.25. The molecule has 0 bridgehead atoms. The van der Waals surface area contributed by atoms with Gasteiger partial charge < -0.3 is 14.6 Å². The van der Waals surface area contributed by atoms with Gasteiger partial charge in [0.2, 0.25) is 0 Å². The molecule has 2 aromatic carbocycles. The van der Waals surface area contributed by atoms with Crippen molar-refractivity contribution in [3.05, 3.63) is 62.7 Å². The van der Waals surface area contributed by atoms with Crippen LogP contribution < -0.4 is 15.0 Å². The molecule has 0 radical (unpaired) electrons. The molecule has 2 heterocycles. The number of carboxylic acid groups (broad SMARTS) is 1. The summed E-state index contributed by atoms with van der Waals surface area (Å²) in [5.74, 6) is 0.408. The van der Waals surface area contributed by atoms with Gasteiger partial charge in [0.1, 0.15) is 5.82 Å². The Hall–Kier alpha value is -3.32. The highest BCUT2D eigenvalue weighted by Gasteiger charge is 2.22. The number of nitrogens with zero attached hydrogens (tertiary/aromatic N) is 2. The Morgan fingerprint density at radius 2 is 2.03 bits per heavy atom. The Labute approximate surface area is 170 Å². The van der Waals surface area contributed by atoms with Gasteiger partial charge in [-0.1, -0.05) is 11.6 Å². The van der Waals surface area contributed by atoms with Gasteiger partial charge in [0.15, 0.2) is 11.5 Å². The summed E-state index contributed by atoms with van der Waals surface area (Å²) in [5.41, 5.74) is 1.90. The van der Waals surface area contributed by atoms with Crippen molar-refractivity contribution in [2.75, 3.05) is 14.2 Å². The second-order valence-corrected chi connectivity index (χ2v) is 6.99. The van der Waals surface area contributed by atoms with Gasteiger partial charge in [-0.25, -0.2) is 9.78 Å².